The molecule has 2 aliphatic heterocycles. The zero-order valence-corrected chi connectivity index (χ0v) is 17.5. The van der Waals surface area contributed by atoms with Gasteiger partial charge in [0, 0.05) is 19.6 Å². The molecule has 2 fully saturated rings. The highest BCUT2D eigenvalue weighted by Gasteiger charge is 2.38. The zero-order valence-electron chi connectivity index (χ0n) is 17.5. The van der Waals surface area contributed by atoms with Gasteiger partial charge in [-0.1, -0.05) is 18.2 Å². The highest BCUT2D eigenvalue weighted by atomic mass is 19.4. The maximum atomic E-state index is 13.6. The van der Waals surface area contributed by atoms with Crippen molar-refractivity contribution in [3.05, 3.63) is 59.4 Å². The van der Waals surface area contributed by atoms with Gasteiger partial charge < -0.3 is 9.80 Å². The van der Waals surface area contributed by atoms with E-state index in [1.54, 1.807) is 27.7 Å². The Bertz CT molecular complexity index is 1120. The molecule has 2 atom stereocenters. The lowest BCUT2D eigenvalue weighted by atomic mass is 9.82. The summed E-state index contributed by atoms with van der Waals surface area (Å²) in [6.07, 6.45) is 1.31. The van der Waals surface area contributed by atoms with Crippen LogP contribution in [-0.2, 0) is 11.0 Å². The maximum absolute atomic E-state index is 13.6. The van der Waals surface area contributed by atoms with Crippen molar-refractivity contribution in [1.29, 1.82) is 0 Å². The van der Waals surface area contributed by atoms with Crippen LogP contribution >= 0.6 is 0 Å². The first-order chi connectivity index (χ1) is 15.4. The van der Waals surface area contributed by atoms with Crippen LogP contribution in [0.4, 0.5) is 19.0 Å². The second-order valence-corrected chi connectivity index (χ2v) is 8.52. The predicted molar refractivity (Wildman–Crippen MR) is 113 cm³/mol. The molecule has 5 rings (SSSR count). The molecule has 1 amide bonds. The highest BCUT2D eigenvalue weighted by Crippen LogP contribution is 2.43. The van der Waals surface area contributed by atoms with Crippen molar-refractivity contribution in [2.45, 2.75) is 43.8 Å². The molecule has 168 valence electrons. The van der Waals surface area contributed by atoms with Crippen LogP contribution in [0.3, 0.4) is 0 Å². The monoisotopic (exact) mass is 443 g/mol. The fourth-order valence-electron chi connectivity index (χ4n) is 4.96. The molecule has 2 aromatic heterocycles. The number of hydrogen-bond acceptors (Lipinski definition) is 4. The van der Waals surface area contributed by atoms with Gasteiger partial charge in [-0.2, -0.15) is 13.2 Å². The van der Waals surface area contributed by atoms with E-state index in [0.29, 0.717) is 30.7 Å². The summed E-state index contributed by atoms with van der Waals surface area (Å²) in [6, 6.07) is 9.17. The molecule has 3 aromatic rings. The van der Waals surface area contributed by atoms with E-state index in [-0.39, 0.29) is 11.5 Å². The van der Waals surface area contributed by atoms with E-state index in [2.05, 4.69) is 15.0 Å². The summed E-state index contributed by atoms with van der Waals surface area (Å²) in [7, 11) is 0. The van der Waals surface area contributed by atoms with Crippen molar-refractivity contribution in [2.75, 3.05) is 24.5 Å². The van der Waals surface area contributed by atoms with Crippen molar-refractivity contribution >= 4 is 17.9 Å². The molecule has 2 saturated heterocycles. The van der Waals surface area contributed by atoms with Crippen molar-refractivity contribution in [1.82, 2.24) is 19.5 Å². The van der Waals surface area contributed by atoms with Gasteiger partial charge in [-0.05, 0) is 55.4 Å². The van der Waals surface area contributed by atoms with Crippen LogP contribution in [-0.4, -0.2) is 45.5 Å². The number of halogens is 3. The van der Waals surface area contributed by atoms with E-state index in [4.69, 9.17) is 0 Å². The molecule has 9 heteroatoms. The number of nitrogens with zero attached hydrogens (tertiary/aromatic N) is 5. The van der Waals surface area contributed by atoms with Crippen LogP contribution in [0.5, 0.6) is 0 Å². The molecular formula is C23H24F3N5O. The number of aromatic nitrogens is 3. The summed E-state index contributed by atoms with van der Waals surface area (Å²) in [6.45, 7) is 2.33. The number of benzene rings is 1. The predicted octanol–water partition coefficient (Wildman–Crippen LogP) is 4.43. The molecule has 6 nitrogen and oxygen atoms in total. The molecule has 0 N–H and O–H groups in total. The molecule has 4 heterocycles. The molecule has 2 unspecified atom stereocenters. The van der Waals surface area contributed by atoms with Gasteiger partial charge in [0.05, 0.1) is 23.5 Å². The quantitative estimate of drug-likeness (QED) is 0.560. The van der Waals surface area contributed by atoms with Crippen LogP contribution in [0.25, 0.3) is 5.65 Å². The number of fused-ring (bicyclic) bond motifs is 1. The van der Waals surface area contributed by atoms with Gasteiger partial charge >= 0.3 is 6.18 Å². The first-order valence-corrected chi connectivity index (χ1v) is 10.9. The highest BCUT2D eigenvalue weighted by molar-refractivity contribution is 5.51. The Hall–Kier alpha value is -3.10. The molecule has 32 heavy (non-hydrogen) atoms. The minimum Gasteiger partial charge on any atom is -0.355 e. The summed E-state index contributed by atoms with van der Waals surface area (Å²) in [5.41, 5.74) is 0.993. The first kappa shape index (κ1) is 20.8. The molecule has 0 aliphatic carbocycles. The third-order valence-corrected chi connectivity index (χ3v) is 6.58. The van der Waals surface area contributed by atoms with Gasteiger partial charge in [0.1, 0.15) is 5.82 Å². The Labute approximate surface area is 183 Å². The van der Waals surface area contributed by atoms with E-state index in [0.717, 1.165) is 44.2 Å². The minimum atomic E-state index is -4.41. The molecule has 0 saturated carbocycles. The smallest absolute Gasteiger partial charge is 0.355 e. The van der Waals surface area contributed by atoms with E-state index in [1.807, 2.05) is 12.1 Å². The maximum Gasteiger partial charge on any atom is 0.416 e. The third kappa shape index (κ3) is 3.80. The number of carbonyl (C=O) groups excluding carboxylic acids is 1. The van der Waals surface area contributed by atoms with Crippen LogP contribution in [0, 0.1) is 0 Å². The van der Waals surface area contributed by atoms with E-state index in [9.17, 15) is 18.0 Å². The number of piperidine rings is 1. The number of alkyl halides is 3. The van der Waals surface area contributed by atoms with Gasteiger partial charge in [-0.3, -0.25) is 4.79 Å². The van der Waals surface area contributed by atoms with Crippen molar-refractivity contribution in [2.24, 2.45) is 0 Å². The standard InChI is InChI=1S/C23H24F3N5O/c24-23(25,26)18-6-2-1-5-17(18)16-9-12-30(15-32)20(13-16)19-14-31-21(27-19)7-8-22(28-31)29-10-3-4-11-29/h1-2,5-8,14-16,20H,3-4,9-13H2. The fourth-order valence-corrected chi connectivity index (χ4v) is 4.96. The number of amides is 1. The summed E-state index contributed by atoms with van der Waals surface area (Å²) in [5, 5.41) is 4.67. The first-order valence-electron chi connectivity index (χ1n) is 10.9. The average molecular weight is 443 g/mol. The summed E-state index contributed by atoms with van der Waals surface area (Å²) in [4.78, 5) is 20.3. The number of hydrogen-bond donors (Lipinski definition) is 0. The number of anilines is 1. The SMILES string of the molecule is O=CN1CCC(c2ccccc2C(F)(F)F)CC1c1cn2nc(N3CCCC3)ccc2n1. The lowest BCUT2D eigenvalue weighted by Gasteiger charge is -2.37. The average Bonchev–Trinajstić information content (AvgIpc) is 3.47. The second kappa shape index (κ2) is 8.11. The molecule has 0 spiro atoms. The zero-order chi connectivity index (χ0) is 22.3. The second-order valence-electron chi connectivity index (χ2n) is 8.52. The number of imidazole rings is 1. The molecule has 2 aliphatic rings. The fraction of sp³-hybridized carbons (Fsp3) is 0.435. The van der Waals surface area contributed by atoms with Gasteiger partial charge in [0.25, 0.3) is 0 Å². The van der Waals surface area contributed by atoms with Crippen LogP contribution < -0.4 is 4.90 Å². The lowest BCUT2D eigenvalue weighted by molar-refractivity contribution is -0.138. The van der Waals surface area contributed by atoms with Crippen molar-refractivity contribution in [3.8, 4) is 0 Å². The largest absolute Gasteiger partial charge is 0.416 e. The normalized spacial score (nSPS) is 22.0. The summed E-state index contributed by atoms with van der Waals surface area (Å²) >= 11 is 0. The van der Waals surface area contributed by atoms with Gasteiger partial charge in [-0.15, -0.1) is 5.10 Å². The lowest BCUT2D eigenvalue weighted by Crippen LogP contribution is -2.35. The number of rotatable bonds is 4. The Morgan fingerprint density at radius 3 is 2.56 bits per heavy atom. The van der Waals surface area contributed by atoms with Crippen molar-refractivity contribution < 1.29 is 18.0 Å². The van der Waals surface area contributed by atoms with Crippen LogP contribution in [0.1, 0.15) is 54.5 Å². The summed E-state index contributed by atoms with van der Waals surface area (Å²) < 4.78 is 42.4. The Morgan fingerprint density at radius 2 is 1.81 bits per heavy atom. The van der Waals surface area contributed by atoms with Gasteiger partial charge in [0.15, 0.2) is 5.65 Å². The molecule has 0 radical (unpaired) electrons. The third-order valence-electron chi connectivity index (χ3n) is 6.58. The molecular weight excluding hydrogens is 419 g/mol. The van der Waals surface area contributed by atoms with Crippen LogP contribution in [0.2, 0.25) is 0 Å². The Kier molecular flexibility index (Phi) is 5.27. The van der Waals surface area contributed by atoms with E-state index in [1.165, 1.54) is 6.07 Å². The van der Waals surface area contributed by atoms with E-state index < -0.39 is 17.8 Å². The topological polar surface area (TPSA) is 53.7 Å². The Balaban J connectivity index is 1.46. The van der Waals surface area contributed by atoms with Gasteiger partial charge in [-0.25, -0.2) is 9.50 Å². The number of likely N-dealkylation sites (tertiary alicyclic amines) is 1. The van der Waals surface area contributed by atoms with E-state index >= 15 is 0 Å². The van der Waals surface area contributed by atoms with Crippen molar-refractivity contribution in [3.63, 3.8) is 0 Å². The molecule has 0 bridgehead atoms. The Morgan fingerprint density at radius 1 is 1.03 bits per heavy atom. The summed E-state index contributed by atoms with van der Waals surface area (Å²) in [5.74, 6) is 0.568. The van der Waals surface area contributed by atoms with Crippen LogP contribution in [0.15, 0.2) is 42.6 Å². The minimum absolute atomic E-state index is 0.286. The number of carbonyl (C=O) groups is 1. The molecule has 1 aromatic carbocycles. The van der Waals surface area contributed by atoms with Gasteiger partial charge in [0.2, 0.25) is 6.41 Å².